The fraction of sp³-hybridized carbons (Fsp3) is 0.0435. The maximum atomic E-state index is 12.4. The maximum Gasteiger partial charge on any atom is 0.323 e. The van der Waals surface area contributed by atoms with E-state index in [2.05, 4.69) is 20.8 Å². The number of urea groups is 1. The summed E-state index contributed by atoms with van der Waals surface area (Å²) in [5.74, 6) is 1.42. The monoisotopic (exact) mass is 442 g/mol. The number of ether oxygens (including phenoxy) is 1. The zero-order valence-electron chi connectivity index (χ0n) is 17.0. The standard InChI is InChI=1S/C23H18N6O2S/c1-31-18-9-7-16(8-10-18)24-23(30)25-17-5-2-4-15(14-17)19-11-12-21-26-27-22(29(21)28-19)20-6-3-13-32-20/h2-14H,1H3,(H2,24,25,30). The molecule has 0 fully saturated rings. The molecule has 0 aliphatic heterocycles. The molecule has 2 N–H and O–H groups in total. The zero-order valence-corrected chi connectivity index (χ0v) is 17.8. The number of nitrogens with zero attached hydrogens (tertiary/aromatic N) is 4. The number of aromatic nitrogens is 4. The van der Waals surface area contributed by atoms with Gasteiger partial charge in [0.2, 0.25) is 0 Å². The topological polar surface area (TPSA) is 93.4 Å². The summed E-state index contributed by atoms with van der Waals surface area (Å²) in [5, 5.41) is 20.8. The van der Waals surface area contributed by atoms with Gasteiger partial charge in [0, 0.05) is 16.9 Å². The van der Waals surface area contributed by atoms with Gasteiger partial charge < -0.3 is 15.4 Å². The van der Waals surface area contributed by atoms with Gasteiger partial charge in [0.15, 0.2) is 11.5 Å². The van der Waals surface area contributed by atoms with Crippen LogP contribution in [0, 0.1) is 0 Å². The van der Waals surface area contributed by atoms with Gasteiger partial charge in [-0.3, -0.25) is 0 Å². The number of rotatable bonds is 5. The number of anilines is 2. The van der Waals surface area contributed by atoms with Crippen LogP contribution in [0.4, 0.5) is 16.2 Å². The summed E-state index contributed by atoms with van der Waals surface area (Å²) in [7, 11) is 1.60. The van der Waals surface area contributed by atoms with E-state index in [0.717, 1.165) is 21.9 Å². The molecule has 0 saturated heterocycles. The van der Waals surface area contributed by atoms with E-state index in [1.54, 1.807) is 47.2 Å². The minimum absolute atomic E-state index is 0.338. The summed E-state index contributed by atoms with van der Waals surface area (Å²) >= 11 is 1.58. The number of benzene rings is 2. The van der Waals surface area contributed by atoms with Gasteiger partial charge in [-0.2, -0.15) is 9.61 Å². The van der Waals surface area contributed by atoms with Crippen LogP contribution < -0.4 is 15.4 Å². The Bertz CT molecular complexity index is 1380. The second-order valence-corrected chi connectivity index (χ2v) is 7.83. The molecule has 0 unspecified atom stereocenters. The molecule has 0 radical (unpaired) electrons. The van der Waals surface area contributed by atoms with Crippen molar-refractivity contribution in [2.45, 2.75) is 0 Å². The van der Waals surface area contributed by atoms with Crippen LogP contribution in [0.5, 0.6) is 5.75 Å². The van der Waals surface area contributed by atoms with E-state index < -0.39 is 0 Å². The molecule has 0 atom stereocenters. The number of methoxy groups -OCH3 is 1. The van der Waals surface area contributed by atoms with Gasteiger partial charge >= 0.3 is 6.03 Å². The van der Waals surface area contributed by atoms with Crippen molar-refractivity contribution in [1.82, 2.24) is 19.8 Å². The quantitative estimate of drug-likeness (QED) is 0.392. The molecule has 2 aromatic carbocycles. The van der Waals surface area contributed by atoms with Crippen molar-refractivity contribution in [1.29, 1.82) is 0 Å². The highest BCUT2D eigenvalue weighted by molar-refractivity contribution is 7.13. The van der Waals surface area contributed by atoms with Crippen molar-refractivity contribution in [3.8, 4) is 27.7 Å². The second kappa shape index (κ2) is 8.48. The van der Waals surface area contributed by atoms with E-state index in [9.17, 15) is 4.79 Å². The Hall–Kier alpha value is -4.24. The van der Waals surface area contributed by atoms with E-state index in [4.69, 9.17) is 9.84 Å². The van der Waals surface area contributed by atoms with Gasteiger partial charge in [0.1, 0.15) is 5.75 Å². The molecule has 0 aliphatic carbocycles. The van der Waals surface area contributed by atoms with Crippen LogP contribution in [0.15, 0.2) is 78.2 Å². The molecule has 32 heavy (non-hydrogen) atoms. The molecule has 0 bridgehead atoms. The number of carbonyl (C=O) groups excluding carboxylic acids is 1. The third kappa shape index (κ3) is 4.01. The summed E-state index contributed by atoms with van der Waals surface area (Å²) in [6, 6.07) is 22.0. The van der Waals surface area contributed by atoms with E-state index >= 15 is 0 Å². The number of carbonyl (C=O) groups is 1. The Balaban J connectivity index is 1.37. The van der Waals surface area contributed by atoms with E-state index in [1.165, 1.54) is 0 Å². The lowest BCUT2D eigenvalue weighted by Gasteiger charge is -2.10. The molecule has 2 amide bonds. The number of hydrogen-bond donors (Lipinski definition) is 2. The normalized spacial score (nSPS) is 10.8. The Morgan fingerprint density at radius 3 is 2.56 bits per heavy atom. The van der Waals surface area contributed by atoms with Crippen molar-refractivity contribution in [3.05, 3.63) is 78.2 Å². The molecule has 8 nitrogen and oxygen atoms in total. The molecule has 0 saturated carbocycles. The minimum atomic E-state index is -0.338. The van der Waals surface area contributed by atoms with Gasteiger partial charge in [-0.15, -0.1) is 21.5 Å². The predicted molar refractivity (Wildman–Crippen MR) is 125 cm³/mol. The van der Waals surface area contributed by atoms with Crippen molar-refractivity contribution >= 4 is 34.4 Å². The molecule has 0 spiro atoms. The number of fused-ring (bicyclic) bond motifs is 1. The van der Waals surface area contributed by atoms with Gasteiger partial charge in [0.05, 0.1) is 17.7 Å². The Morgan fingerprint density at radius 1 is 0.938 bits per heavy atom. The fourth-order valence-corrected chi connectivity index (χ4v) is 3.92. The third-order valence-corrected chi connectivity index (χ3v) is 5.63. The van der Waals surface area contributed by atoms with Gasteiger partial charge in [-0.25, -0.2) is 4.79 Å². The molecule has 5 aromatic rings. The first-order valence-electron chi connectivity index (χ1n) is 9.78. The van der Waals surface area contributed by atoms with Gasteiger partial charge in [0.25, 0.3) is 0 Å². The minimum Gasteiger partial charge on any atom is -0.497 e. The lowest BCUT2D eigenvalue weighted by molar-refractivity contribution is 0.262. The van der Waals surface area contributed by atoms with Crippen LogP contribution >= 0.6 is 11.3 Å². The molecule has 3 aromatic heterocycles. The van der Waals surface area contributed by atoms with Crippen molar-refractivity contribution in [2.75, 3.05) is 17.7 Å². The molecule has 0 aliphatic rings. The van der Waals surface area contributed by atoms with Gasteiger partial charge in [-0.1, -0.05) is 18.2 Å². The summed E-state index contributed by atoms with van der Waals surface area (Å²) in [4.78, 5) is 13.4. The Kier molecular flexibility index (Phi) is 5.22. The number of thiophene rings is 1. The summed E-state index contributed by atoms with van der Waals surface area (Å²) < 4.78 is 6.87. The summed E-state index contributed by atoms with van der Waals surface area (Å²) in [5.41, 5.74) is 3.59. The van der Waals surface area contributed by atoms with Crippen LogP contribution in [0.3, 0.4) is 0 Å². The lowest BCUT2D eigenvalue weighted by atomic mass is 10.1. The highest BCUT2D eigenvalue weighted by atomic mass is 32.1. The molecular formula is C23H18N6O2S. The Labute approximate surface area is 187 Å². The zero-order chi connectivity index (χ0) is 21.9. The van der Waals surface area contributed by atoms with Crippen molar-refractivity contribution in [3.63, 3.8) is 0 Å². The first-order chi connectivity index (χ1) is 15.7. The third-order valence-electron chi connectivity index (χ3n) is 4.77. The van der Waals surface area contributed by atoms with E-state index in [-0.39, 0.29) is 6.03 Å². The highest BCUT2D eigenvalue weighted by Crippen LogP contribution is 2.25. The van der Waals surface area contributed by atoms with Crippen molar-refractivity contribution < 1.29 is 9.53 Å². The summed E-state index contributed by atoms with van der Waals surface area (Å²) in [6.45, 7) is 0. The second-order valence-electron chi connectivity index (χ2n) is 6.88. The first-order valence-corrected chi connectivity index (χ1v) is 10.7. The highest BCUT2D eigenvalue weighted by Gasteiger charge is 2.12. The lowest BCUT2D eigenvalue weighted by Crippen LogP contribution is -2.19. The molecular weight excluding hydrogens is 424 g/mol. The largest absolute Gasteiger partial charge is 0.497 e. The first kappa shape index (κ1) is 19.7. The van der Waals surface area contributed by atoms with Crippen LogP contribution in [0.2, 0.25) is 0 Å². The number of nitrogens with one attached hydrogen (secondary N) is 2. The van der Waals surface area contributed by atoms with Crippen LogP contribution in [0.25, 0.3) is 27.6 Å². The van der Waals surface area contributed by atoms with E-state index in [1.807, 2.05) is 53.9 Å². The van der Waals surface area contributed by atoms with Crippen molar-refractivity contribution in [2.24, 2.45) is 0 Å². The van der Waals surface area contributed by atoms with E-state index in [0.29, 0.717) is 22.8 Å². The fourth-order valence-electron chi connectivity index (χ4n) is 3.23. The van der Waals surface area contributed by atoms with Crippen LogP contribution in [-0.4, -0.2) is 33.0 Å². The van der Waals surface area contributed by atoms with Crippen LogP contribution in [-0.2, 0) is 0 Å². The summed E-state index contributed by atoms with van der Waals surface area (Å²) in [6.07, 6.45) is 0. The average molecular weight is 443 g/mol. The predicted octanol–water partition coefficient (Wildman–Crippen LogP) is 5.17. The maximum absolute atomic E-state index is 12.4. The number of hydrogen-bond acceptors (Lipinski definition) is 6. The SMILES string of the molecule is COc1ccc(NC(=O)Nc2cccc(-c3ccc4nnc(-c5cccs5)n4n3)c2)cc1. The van der Waals surface area contributed by atoms with Crippen LogP contribution in [0.1, 0.15) is 0 Å². The molecule has 5 rings (SSSR count). The molecule has 158 valence electrons. The van der Waals surface area contributed by atoms with Gasteiger partial charge in [-0.05, 0) is 60.0 Å². The molecule has 9 heteroatoms. The molecule has 3 heterocycles. The number of amides is 2. The Morgan fingerprint density at radius 2 is 1.78 bits per heavy atom. The smallest absolute Gasteiger partial charge is 0.323 e. The average Bonchev–Trinajstić information content (AvgIpc) is 3.49.